The van der Waals surface area contributed by atoms with E-state index in [4.69, 9.17) is 9.47 Å². The molecule has 1 aromatic carbocycles. The lowest BCUT2D eigenvalue weighted by molar-refractivity contribution is -0.160. The molecule has 9 nitrogen and oxygen atoms in total. The van der Waals surface area contributed by atoms with Crippen molar-refractivity contribution in [2.24, 2.45) is 0 Å². The first kappa shape index (κ1) is 23.8. The highest BCUT2D eigenvalue weighted by molar-refractivity contribution is 6.32. The minimum Gasteiger partial charge on any atom is -0.459 e. The average Bonchev–Trinajstić information content (AvgIpc) is 2.72. The van der Waals surface area contributed by atoms with Gasteiger partial charge in [-0.3, -0.25) is 4.79 Å². The Kier molecular flexibility index (Phi) is 8.48. The summed E-state index contributed by atoms with van der Waals surface area (Å²) in [5, 5.41) is 10.9. The summed E-state index contributed by atoms with van der Waals surface area (Å²) in [5.41, 5.74) is 1.47. The van der Waals surface area contributed by atoms with Gasteiger partial charge in [-0.15, -0.1) is 0 Å². The van der Waals surface area contributed by atoms with Crippen LogP contribution in [0.1, 0.15) is 33.4 Å². The zero-order chi connectivity index (χ0) is 22.9. The number of esters is 1. The van der Waals surface area contributed by atoms with Crippen LogP contribution < -0.4 is 5.32 Å². The predicted octanol–water partition coefficient (Wildman–Crippen LogP) is 2.56. The summed E-state index contributed by atoms with van der Waals surface area (Å²) in [5.74, 6) is -1.78. The smallest absolute Gasteiger partial charge is 0.407 e. The zero-order valence-electron chi connectivity index (χ0n) is 18.3. The van der Waals surface area contributed by atoms with Crippen LogP contribution in [-0.4, -0.2) is 58.4 Å². The van der Waals surface area contributed by atoms with E-state index in [9.17, 15) is 14.4 Å². The highest BCUT2D eigenvalue weighted by Crippen LogP contribution is 2.15. The maximum Gasteiger partial charge on any atom is 0.407 e. The van der Waals surface area contributed by atoms with E-state index >= 15 is 0 Å². The van der Waals surface area contributed by atoms with Gasteiger partial charge < -0.3 is 19.7 Å². The molecule has 9 heteroatoms. The molecular weight excluding hydrogens is 400 g/mol. The van der Waals surface area contributed by atoms with Crippen molar-refractivity contribution in [3.63, 3.8) is 0 Å². The lowest BCUT2D eigenvalue weighted by Gasteiger charge is -2.23. The van der Waals surface area contributed by atoms with Crippen LogP contribution in [0.2, 0.25) is 0 Å². The van der Waals surface area contributed by atoms with Crippen LogP contribution >= 0.6 is 0 Å². The SMILES string of the molecule is CCOC(=O)C(=O)N(CCNC(=O)OC(C)(C)C)Cc1ccc(-c2ccccc2)nn1. The summed E-state index contributed by atoms with van der Waals surface area (Å²) >= 11 is 0. The summed E-state index contributed by atoms with van der Waals surface area (Å²) in [7, 11) is 0. The van der Waals surface area contributed by atoms with Crippen molar-refractivity contribution >= 4 is 18.0 Å². The number of nitrogens with zero attached hydrogens (tertiary/aromatic N) is 3. The zero-order valence-corrected chi connectivity index (χ0v) is 18.3. The van der Waals surface area contributed by atoms with E-state index in [1.54, 1.807) is 39.8 Å². The molecule has 2 rings (SSSR count). The van der Waals surface area contributed by atoms with Gasteiger partial charge >= 0.3 is 18.0 Å². The minimum atomic E-state index is -0.964. The number of ether oxygens (including phenoxy) is 2. The van der Waals surface area contributed by atoms with Gasteiger partial charge in [0.15, 0.2) is 0 Å². The lowest BCUT2D eigenvalue weighted by atomic mass is 10.1. The molecule has 2 aromatic rings. The topological polar surface area (TPSA) is 111 Å². The molecule has 2 amide bonds. The van der Waals surface area contributed by atoms with E-state index in [1.165, 1.54) is 4.90 Å². The standard InChI is InChI=1S/C22H28N4O5/c1-5-30-20(28)19(27)26(14-13-23-21(29)31-22(2,3)4)15-17-11-12-18(25-24-17)16-9-7-6-8-10-16/h6-12H,5,13-15H2,1-4H3,(H,23,29). The van der Waals surface area contributed by atoms with Crippen LogP contribution in [0.5, 0.6) is 0 Å². The second-order valence-corrected chi connectivity index (χ2v) is 7.65. The Hall–Kier alpha value is -3.49. The molecule has 0 spiro atoms. The van der Waals surface area contributed by atoms with E-state index in [2.05, 4.69) is 15.5 Å². The van der Waals surface area contributed by atoms with E-state index in [0.717, 1.165) is 5.56 Å². The van der Waals surface area contributed by atoms with Crippen LogP contribution in [-0.2, 0) is 25.6 Å². The molecule has 31 heavy (non-hydrogen) atoms. The van der Waals surface area contributed by atoms with Crippen molar-refractivity contribution in [2.45, 2.75) is 39.8 Å². The molecule has 1 aromatic heterocycles. The number of carbonyl (C=O) groups excluding carboxylic acids is 3. The number of hydrogen-bond acceptors (Lipinski definition) is 7. The Morgan fingerprint density at radius 2 is 1.74 bits per heavy atom. The fourth-order valence-electron chi connectivity index (χ4n) is 2.58. The first-order valence-corrected chi connectivity index (χ1v) is 10.0. The normalized spacial score (nSPS) is 10.8. The molecule has 0 radical (unpaired) electrons. The number of rotatable bonds is 7. The van der Waals surface area contributed by atoms with E-state index < -0.39 is 23.6 Å². The maximum absolute atomic E-state index is 12.5. The second-order valence-electron chi connectivity index (χ2n) is 7.65. The number of alkyl carbamates (subject to hydrolysis) is 1. The van der Waals surface area contributed by atoms with Gasteiger partial charge in [-0.05, 0) is 39.8 Å². The predicted molar refractivity (Wildman–Crippen MR) is 114 cm³/mol. The van der Waals surface area contributed by atoms with E-state index in [-0.39, 0.29) is 26.2 Å². The maximum atomic E-state index is 12.5. The van der Waals surface area contributed by atoms with Crippen LogP contribution in [0.25, 0.3) is 11.3 Å². The van der Waals surface area contributed by atoms with Gasteiger partial charge in [0, 0.05) is 18.7 Å². The first-order valence-electron chi connectivity index (χ1n) is 10.0. The highest BCUT2D eigenvalue weighted by Gasteiger charge is 2.24. The van der Waals surface area contributed by atoms with Crippen LogP contribution in [0.15, 0.2) is 42.5 Å². The Labute approximate surface area is 181 Å². The van der Waals surface area contributed by atoms with Crippen LogP contribution in [0.4, 0.5) is 4.79 Å². The summed E-state index contributed by atoms with van der Waals surface area (Å²) in [6.07, 6.45) is -0.608. The van der Waals surface area contributed by atoms with Gasteiger partial charge in [-0.1, -0.05) is 30.3 Å². The fourth-order valence-corrected chi connectivity index (χ4v) is 2.58. The number of nitrogens with one attached hydrogen (secondary N) is 1. The third-order valence-electron chi connectivity index (χ3n) is 3.93. The molecule has 0 aliphatic carbocycles. The van der Waals surface area contributed by atoms with Gasteiger partial charge in [0.1, 0.15) is 5.60 Å². The Morgan fingerprint density at radius 1 is 1.03 bits per heavy atom. The van der Waals surface area contributed by atoms with E-state index in [1.807, 2.05) is 30.3 Å². The molecule has 0 fully saturated rings. The number of hydrogen-bond donors (Lipinski definition) is 1. The van der Waals surface area contributed by atoms with Crippen molar-refractivity contribution in [1.82, 2.24) is 20.4 Å². The van der Waals surface area contributed by atoms with Crippen LogP contribution in [0.3, 0.4) is 0 Å². The van der Waals surface area contributed by atoms with Crippen molar-refractivity contribution in [3.05, 3.63) is 48.2 Å². The molecule has 0 unspecified atom stereocenters. The van der Waals surface area contributed by atoms with Crippen LogP contribution in [0, 0.1) is 0 Å². The molecule has 0 aliphatic heterocycles. The Balaban J connectivity index is 2.05. The summed E-state index contributed by atoms with van der Waals surface area (Å²) in [6.45, 7) is 7.15. The molecule has 0 atom stereocenters. The third kappa shape index (κ3) is 8.04. The van der Waals surface area contributed by atoms with Crippen molar-refractivity contribution in [2.75, 3.05) is 19.7 Å². The van der Waals surface area contributed by atoms with E-state index in [0.29, 0.717) is 11.4 Å². The monoisotopic (exact) mass is 428 g/mol. The first-order chi connectivity index (χ1) is 14.7. The number of amides is 2. The second kappa shape index (κ2) is 11.1. The molecule has 1 heterocycles. The van der Waals surface area contributed by atoms with Gasteiger partial charge in [0.05, 0.1) is 24.5 Å². The number of aromatic nitrogens is 2. The third-order valence-corrected chi connectivity index (χ3v) is 3.93. The quantitative estimate of drug-likeness (QED) is 0.533. The molecule has 0 bridgehead atoms. The highest BCUT2D eigenvalue weighted by atomic mass is 16.6. The van der Waals surface area contributed by atoms with Gasteiger partial charge in [-0.2, -0.15) is 10.2 Å². The minimum absolute atomic E-state index is 0.0374. The van der Waals surface area contributed by atoms with Gasteiger partial charge in [0.25, 0.3) is 0 Å². The van der Waals surface area contributed by atoms with Crippen molar-refractivity contribution in [1.29, 1.82) is 0 Å². The fraction of sp³-hybridized carbons (Fsp3) is 0.409. The molecular formula is C22H28N4O5. The average molecular weight is 428 g/mol. The molecule has 0 aliphatic rings. The Morgan fingerprint density at radius 3 is 2.32 bits per heavy atom. The molecule has 166 valence electrons. The number of carbonyl (C=O) groups is 3. The summed E-state index contributed by atoms with van der Waals surface area (Å²) in [4.78, 5) is 37.5. The molecule has 0 saturated heterocycles. The molecule has 1 N–H and O–H groups in total. The number of benzene rings is 1. The summed E-state index contributed by atoms with van der Waals surface area (Å²) < 4.78 is 9.99. The lowest BCUT2D eigenvalue weighted by Crippen LogP contribution is -2.43. The van der Waals surface area contributed by atoms with Crippen molar-refractivity contribution in [3.8, 4) is 11.3 Å². The molecule has 0 saturated carbocycles. The van der Waals surface area contributed by atoms with Gasteiger partial charge in [-0.25, -0.2) is 9.59 Å². The Bertz CT molecular complexity index is 879. The largest absolute Gasteiger partial charge is 0.459 e. The summed E-state index contributed by atoms with van der Waals surface area (Å²) in [6, 6.07) is 13.1. The van der Waals surface area contributed by atoms with Gasteiger partial charge in [0.2, 0.25) is 0 Å². The van der Waals surface area contributed by atoms with Crippen molar-refractivity contribution < 1.29 is 23.9 Å².